The molecular formula is C10H16N2O3S. The first-order valence-corrected chi connectivity index (χ1v) is 5.97. The predicted molar refractivity (Wildman–Crippen MR) is 63.0 cm³/mol. The van der Waals surface area contributed by atoms with E-state index in [1.807, 2.05) is 13.8 Å². The van der Waals surface area contributed by atoms with Crippen LogP contribution in [-0.2, 0) is 16.0 Å². The Balaban J connectivity index is 2.26. The van der Waals surface area contributed by atoms with E-state index < -0.39 is 5.97 Å². The monoisotopic (exact) mass is 244 g/mol. The molecule has 0 saturated carbocycles. The number of carbonyl (C=O) groups is 1. The number of hydrogen-bond acceptors (Lipinski definition) is 5. The number of hydrogen-bond donors (Lipinski definition) is 2. The van der Waals surface area contributed by atoms with Gasteiger partial charge in [-0.1, -0.05) is 0 Å². The highest BCUT2D eigenvalue weighted by molar-refractivity contribution is 7.13. The smallest absolute Gasteiger partial charge is 0.309 e. The summed E-state index contributed by atoms with van der Waals surface area (Å²) in [6, 6.07) is 0. The van der Waals surface area contributed by atoms with Gasteiger partial charge in [-0.3, -0.25) is 4.79 Å². The first kappa shape index (κ1) is 12.9. The van der Waals surface area contributed by atoms with Crippen LogP contribution in [0.5, 0.6) is 0 Å². The molecule has 16 heavy (non-hydrogen) atoms. The summed E-state index contributed by atoms with van der Waals surface area (Å²) in [5, 5.41) is 14.1. The third-order valence-corrected chi connectivity index (χ3v) is 2.56. The molecule has 0 atom stereocenters. The van der Waals surface area contributed by atoms with E-state index in [1.165, 1.54) is 11.3 Å². The molecule has 6 heteroatoms. The lowest BCUT2D eigenvalue weighted by molar-refractivity contribution is -0.136. The lowest BCUT2D eigenvalue weighted by atomic mass is 10.3. The van der Waals surface area contributed by atoms with Crippen molar-refractivity contribution in [2.45, 2.75) is 26.4 Å². The minimum atomic E-state index is -0.861. The number of carboxylic acids is 1. The van der Waals surface area contributed by atoms with E-state index in [0.717, 1.165) is 5.13 Å². The summed E-state index contributed by atoms with van der Waals surface area (Å²) in [6.07, 6.45) is 0.196. The summed E-state index contributed by atoms with van der Waals surface area (Å²) in [6.45, 7) is 5.26. The van der Waals surface area contributed by atoms with Gasteiger partial charge in [-0.2, -0.15) is 0 Å². The normalized spacial score (nSPS) is 10.7. The van der Waals surface area contributed by atoms with Crippen molar-refractivity contribution >= 4 is 22.4 Å². The van der Waals surface area contributed by atoms with Crippen LogP contribution in [0.15, 0.2) is 5.38 Å². The minimum absolute atomic E-state index is 0.0271. The van der Waals surface area contributed by atoms with E-state index in [4.69, 9.17) is 9.84 Å². The van der Waals surface area contributed by atoms with Gasteiger partial charge in [0.15, 0.2) is 5.13 Å². The van der Waals surface area contributed by atoms with Crippen molar-refractivity contribution in [2.24, 2.45) is 0 Å². The first-order valence-electron chi connectivity index (χ1n) is 5.09. The average molecular weight is 244 g/mol. The number of aromatic nitrogens is 1. The van der Waals surface area contributed by atoms with Crippen molar-refractivity contribution in [2.75, 3.05) is 18.5 Å². The van der Waals surface area contributed by atoms with Gasteiger partial charge in [-0.25, -0.2) is 4.98 Å². The summed E-state index contributed by atoms with van der Waals surface area (Å²) in [7, 11) is 0. The first-order chi connectivity index (χ1) is 7.58. The Hall–Kier alpha value is -1.14. The fourth-order valence-electron chi connectivity index (χ4n) is 1.08. The lowest BCUT2D eigenvalue weighted by Crippen LogP contribution is -2.13. The molecule has 0 aliphatic heterocycles. The number of aliphatic carboxylic acids is 1. The molecule has 0 unspecified atom stereocenters. The van der Waals surface area contributed by atoms with Gasteiger partial charge in [0.2, 0.25) is 0 Å². The molecule has 0 bridgehead atoms. The maximum absolute atomic E-state index is 10.4. The molecule has 1 heterocycles. The van der Waals surface area contributed by atoms with Crippen LogP contribution in [0.25, 0.3) is 0 Å². The number of anilines is 1. The Morgan fingerprint density at radius 2 is 2.44 bits per heavy atom. The summed E-state index contributed by atoms with van der Waals surface area (Å²) < 4.78 is 5.36. The van der Waals surface area contributed by atoms with E-state index in [1.54, 1.807) is 5.38 Å². The molecule has 0 aromatic carbocycles. The predicted octanol–water partition coefficient (Wildman–Crippen LogP) is 1.61. The number of nitrogens with one attached hydrogen (secondary N) is 1. The standard InChI is InChI=1S/C10H16N2O3S/c1-7(2)15-4-3-11-10-12-8(6-16-10)5-9(13)14/h6-7H,3-5H2,1-2H3,(H,11,12)(H,13,14). The minimum Gasteiger partial charge on any atom is -0.481 e. The van der Waals surface area contributed by atoms with Crippen LogP contribution in [-0.4, -0.2) is 35.3 Å². The van der Waals surface area contributed by atoms with Gasteiger partial charge in [0, 0.05) is 11.9 Å². The molecule has 0 amide bonds. The Morgan fingerprint density at radius 1 is 1.69 bits per heavy atom. The molecule has 1 rings (SSSR count). The van der Waals surface area contributed by atoms with Gasteiger partial charge in [0.25, 0.3) is 0 Å². The van der Waals surface area contributed by atoms with Crippen molar-refractivity contribution in [3.05, 3.63) is 11.1 Å². The Labute approximate surface area is 98.5 Å². The van der Waals surface area contributed by atoms with Crippen LogP contribution in [0.2, 0.25) is 0 Å². The van der Waals surface area contributed by atoms with Crippen molar-refractivity contribution in [3.63, 3.8) is 0 Å². The zero-order chi connectivity index (χ0) is 12.0. The van der Waals surface area contributed by atoms with Crippen molar-refractivity contribution in [3.8, 4) is 0 Å². The van der Waals surface area contributed by atoms with Gasteiger partial charge < -0.3 is 15.2 Å². The molecule has 1 aromatic rings. The topological polar surface area (TPSA) is 71.5 Å². The molecule has 0 aliphatic carbocycles. The number of ether oxygens (including phenoxy) is 1. The number of thiazole rings is 1. The van der Waals surface area contributed by atoms with E-state index >= 15 is 0 Å². The zero-order valence-corrected chi connectivity index (χ0v) is 10.2. The van der Waals surface area contributed by atoms with Gasteiger partial charge in [0.1, 0.15) is 0 Å². The molecule has 1 aromatic heterocycles. The average Bonchev–Trinajstić information content (AvgIpc) is 2.59. The summed E-state index contributed by atoms with van der Waals surface area (Å²) in [5.74, 6) is -0.861. The Morgan fingerprint density at radius 3 is 3.06 bits per heavy atom. The van der Waals surface area contributed by atoms with Crippen LogP contribution < -0.4 is 5.32 Å². The molecule has 0 spiro atoms. The molecule has 0 saturated heterocycles. The highest BCUT2D eigenvalue weighted by Gasteiger charge is 2.05. The zero-order valence-electron chi connectivity index (χ0n) is 9.40. The quantitative estimate of drug-likeness (QED) is 0.713. The fraction of sp³-hybridized carbons (Fsp3) is 0.600. The summed E-state index contributed by atoms with van der Waals surface area (Å²) in [4.78, 5) is 14.6. The van der Waals surface area contributed by atoms with Crippen molar-refractivity contribution < 1.29 is 14.6 Å². The van der Waals surface area contributed by atoms with Crippen molar-refractivity contribution in [1.29, 1.82) is 0 Å². The SMILES string of the molecule is CC(C)OCCNc1nc(CC(=O)O)cs1. The van der Waals surface area contributed by atoms with E-state index in [9.17, 15) is 4.79 Å². The highest BCUT2D eigenvalue weighted by atomic mass is 32.1. The third-order valence-electron chi connectivity index (χ3n) is 1.71. The summed E-state index contributed by atoms with van der Waals surface area (Å²) in [5.41, 5.74) is 0.588. The number of nitrogens with zero attached hydrogens (tertiary/aromatic N) is 1. The second-order valence-corrected chi connectivity index (χ2v) is 4.42. The van der Waals surface area contributed by atoms with Crippen LogP contribution in [0.4, 0.5) is 5.13 Å². The van der Waals surface area contributed by atoms with E-state index in [-0.39, 0.29) is 12.5 Å². The molecule has 0 radical (unpaired) electrons. The number of carboxylic acid groups (broad SMARTS) is 1. The lowest BCUT2D eigenvalue weighted by Gasteiger charge is -2.07. The molecular weight excluding hydrogens is 228 g/mol. The third kappa shape index (κ3) is 5.09. The van der Waals surface area contributed by atoms with Crippen LogP contribution in [0.3, 0.4) is 0 Å². The highest BCUT2D eigenvalue weighted by Crippen LogP contribution is 2.15. The van der Waals surface area contributed by atoms with E-state index in [2.05, 4.69) is 10.3 Å². The van der Waals surface area contributed by atoms with Crippen LogP contribution >= 0.6 is 11.3 Å². The van der Waals surface area contributed by atoms with Crippen LogP contribution in [0, 0.1) is 0 Å². The second kappa shape index (κ2) is 6.44. The second-order valence-electron chi connectivity index (χ2n) is 3.56. The largest absolute Gasteiger partial charge is 0.481 e. The molecule has 5 nitrogen and oxygen atoms in total. The van der Waals surface area contributed by atoms with Crippen molar-refractivity contribution in [1.82, 2.24) is 4.98 Å². The Bertz CT molecular complexity index is 339. The summed E-state index contributed by atoms with van der Waals surface area (Å²) >= 11 is 1.41. The molecule has 2 N–H and O–H groups in total. The molecule has 0 aliphatic rings. The van der Waals surface area contributed by atoms with E-state index in [0.29, 0.717) is 18.8 Å². The number of rotatable bonds is 7. The van der Waals surface area contributed by atoms with Gasteiger partial charge in [0.05, 0.1) is 24.8 Å². The van der Waals surface area contributed by atoms with Crippen LogP contribution in [0.1, 0.15) is 19.5 Å². The fourth-order valence-corrected chi connectivity index (χ4v) is 1.82. The Kier molecular flexibility index (Phi) is 5.21. The maximum Gasteiger partial charge on any atom is 0.309 e. The van der Waals surface area contributed by atoms with Gasteiger partial charge >= 0.3 is 5.97 Å². The molecule has 0 fully saturated rings. The maximum atomic E-state index is 10.4. The molecule has 90 valence electrons. The van der Waals surface area contributed by atoms with Gasteiger partial charge in [-0.15, -0.1) is 11.3 Å². The van der Waals surface area contributed by atoms with Gasteiger partial charge in [-0.05, 0) is 13.8 Å².